The topological polar surface area (TPSA) is 66.4 Å². The first-order valence-corrected chi connectivity index (χ1v) is 8.76. The van der Waals surface area contributed by atoms with Gasteiger partial charge in [-0.1, -0.05) is 54.6 Å². The minimum Gasteiger partial charge on any atom is -0.508 e. The van der Waals surface area contributed by atoms with Crippen LogP contribution in [0.25, 0.3) is 0 Å². The lowest BCUT2D eigenvalue weighted by Crippen LogP contribution is -2.19. The van der Waals surface area contributed by atoms with Crippen molar-refractivity contribution in [3.8, 4) is 5.75 Å². The molecule has 0 spiro atoms. The Bertz CT molecular complexity index is 980. The molecule has 0 saturated carbocycles. The van der Waals surface area contributed by atoms with Crippen molar-refractivity contribution in [1.82, 2.24) is 0 Å². The number of carbonyl (C=O) groups is 2. The fraction of sp³-hybridized carbons (Fsp3) is 0.130. The van der Waals surface area contributed by atoms with Crippen molar-refractivity contribution in [2.24, 2.45) is 0 Å². The normalized spacial score (nSPS) is 11.6. The molecule has 136 valence electrons. The van der Waals surface area contributed by atoms with E-state index in [1.54, 1.807) is 56.3 Å². The number of benzene rings is 3. The Hall–Kier alpha value is -3.40. The summed E-state index contributed by atoms with van der Waals surface area (Å²) < 4.78 is 0. The largest absolute Gasteiger partial charge is 0.508 e. The van der Waals surface area contributed by atoms with E-state index in [-0.39, 0.29) is 17.4 Å². The number of anilines is 1. The summed E-state index contributed by atoms with van der Waals surface area (Å²) in [5, 5.41) is 12.6. The molecule has 0 aliphatic rings. The fourth-order valence-corrected chi connectivity index (χ4v) is 2.79. The van der Waals surface area contributed by atoms with Crippen LogP contribution in [0, 0.1) is 6.92 Å². The van der Waals surface area contributed by atoms with Gasteiger partial charge >= 0.3 is 0 Å². The second kappa shape index (κ2) is 7.87. The number of phenolic OH excluding ortho intramolecular Hbond substituents is 1. The summed E-state index contributed by atoms with van der Waals surface area (Å²) in [5.74, 6) is -0.594. The average molecular weight is 359 g/mol. The Morgan fingerprint density at radius 2 is 1.59 bits per heavy atom. The average Bonchev–Trinajstić information content (AvgIpc) is 2.70. The zero-order valence-corrected chi connectivity index (χ0v) is 15.3. The first kappa shape index (κ1) is 18.4. The SMILES string of the molecule is Cc1ccc(NC(=O)[C@@H](C)c2cccc(C(=O)c3ccccc3)c2)cc1O. The minimum absolute atomic E-state index is 0.0754. The maximum absolute atomic E-state index is 12.6. The number of carbonyl (C=O) groups excluding carboxylic acids is 2. The van der Waals surface area contributed by atoms with Crippen molar-refractivity contribution in [3.05, 3.63) is 95.1 Å². The van der Waals surface area contributed by atoms with E-state index in [0.717, 1.165) is 11.1 Å². The molecular formula is C23H21NO3. The molecule has 0 aromatic heterocycles. The van der Waals surface area contributed by atoms with Gasteiger partial charge in [0.1, 0.15) is 5.75 Å². The summed E-state index contributed by atoms with van der Waals surface area (Å²) in [5.41, 5.74) is 3.19. The zero-order chi connectivity index (χ0) is 19.4. The van der Waals surface area contributed by atoms with Crippen LogP contribution in [0.4, 0.5) is 5.69 Å². The number of hydrogen-bond donors (Lipinski definition) is 2. The predicted molar refractivity (Wildman–Crippen MR) is 106 cm³/mol. The number of ketones is 1. The van der Waals surface area contributed by atoms with Crippen LogP contribution in [-0.4, -0.2) is 16.8 Å². The van der Waals surface area contributed by atoms with Gasteiger partial charge in [-0.05, 0) is 37.1 Å². The van der Waals surface area contributed by atoms with Crippen LogP contribution >= 0.6 is 0 Å². The number of nitrogens with one attached hydrogen (secondary N) is 1. The Kier molecular flexibility index (Phi) is 5.36. The van der Waals surface area contributed by atoms with E-state index in [1.807, 2.05) is 24.3 Å². The highest BCUT2D eigenvalue weighted by Crippen LogP contribution is 2.24. The molecule has 0 bridgehead atoms. The Morgan fingerprint density at radius 1 is 0.889 bits per heavy atom. The minimum atomic E-state index is -0.447. The van der Waals surface area contributed by atoms with Gasteiger partial charge < -0.3 is 10.4 Å². The van der Waals surface area contributed by atoms with Gasteiger partial charge in [-0.15, -0.1) is 0 Å². The highest BCUT2D eigenvalue weighted by Gasteiger charge is 2.18. The van der Waals surface area contributed by atoms with Crippen LogP contribution in [0.3, 0.4) is 0 Å². The maximum atomic E-state index is 12.6. The quantitative estimate of drug-likeness (QED) is 0.650. The standard InChI is InChI=1S/C23H21NO3/c1-15-11-12-20(14-21(15)25)24-23(27)16(2)18-9-6-10-19(13-18)22(26)17-7-4-3-5-8-17/h3-14,16,25H,1-2H3,(H,24,27)/t16-/m0/s1. The van der Waals surface area contributed by atoms with Crippen molar-refractivity contribution in [3.63, 3.8) is 0 Å². The first-order chi connectivity index (χ1) is 13.0. The number of aryl methyl sites for hydroxylation is 1. The smallest absolute Gasteiger partial charge is 0.231 e. The van der Waals surface area contributed by atoms with Gasteiger partial charge in [0.25, 0.3) is 0 Å². The molecule has 0 aliphatic heterocycles. The lowest BCUT2D eigenvalue weighted by Gasteiger charge is -2.14. The second-order valence-electron chi connectivity index (χ2n) is 6.53. The molecule has 0 fully saturated rings. The molecule has 0 aliphatic carbocycles. The third-order valence-electron chi connectivity index (χ3n) is 4.55. The number of hydrogen-bond acceptors (Lipinski definition) is 3. The van der Waals surface area contributed by atoms with Crippen molar-refractivity contribution < 1.29 is 14.7 Å². The number of amides is 1. The molecule has 0 heterocycles. The summed E-state index contributed by atoms with van der Waals surface area (Å²) in [7, 11) is 0. The van der Waals surface area contributed by atoms with E-state index in [4.69, 9.17) is 0 Å². The van der Waals surface area contributed by atoms with Crippen LogP contribution in [0.2, 0.25) is 0 Å². The molecule has 0 unspecified atom stereocenters. The van der Waals surface area contributed by atoms with E-state index >= 15 is 0 Å². The first-order valence-electron chi connectivity index (χ1n) is 8.76. The van der Waals surface area contributed by atoms with Crippen LogP contribution in [0.1, 0.15) is 39.9 Å². The molecule has 2 N–H and O–H groups in total. The van der Waals surface area contributed by atoms with Crippen molar-refractivity contribution >= 4 is 17.4 Å². The zero-order valence-electron chi connectivity index (χ0n) is 15.3. The van der Waals surface area contributed by atoms with Gasteiger partial charge in [-0.3, -0.25) is 9.59 Å². The third kappa shape index (κ3) is 4.23. The van der Waals surface area contributed by atoms with E-state index in [0.29, 0.717) is 16.8 Å². The second-order valence-corrected chi connectivity index (χ2v) is 6.53. The van der Waals surface area contributed by atoms with Gasteiger partial charge in [-0.25, -0.2) is 0 Å². The summed E-state index contributed by atoms with van der Waals surface area (Å²) in [6.45, 7) is 3.58. The molecule has 3 rings (SSSR count). The van der Waals surface area contributed by atoms with Gasteiger partial charge in [0.2, 0.25) is 5.91 Å². The Labute approximate surface area is 158 Å². The molecule has 3 aromatic rings. The lowest BCUT2D eigenvalue weighted by atomic mass is 9.95. The molecule has 0 saturated heterocycles. The molecule has 1 atom stereocenters. The third-order valence-corrected chi connectivity index (χ3v) is 4.55. The number of phenols is 1. The molecule has 0 radical (unpaired) electrons. The van der Waals surface area contributed by atoms with Crippen LogP contribution in [-0.2, 0) is 4.79 Å². The van der Waals surface area contributed by atoms with E-state index < -0.39 is 5.92 Å². The Balaban J connectivity index is 1.78. The Morgan fingerprint density at radius 3 is 2.30 bits per heavy atom. The number of aromatic hydroxyl groups is 1. The fourth-order valence-electron chi connectivity index (χ4n) is 2.79. The summed E-state index contributed by atoms with van der Waals surface area (Å²) in [6, 6.07) is 21.2. The highest BCUT2D eigenvalue weighted by molar-refractivity contribution is 6.09. The van der Waals surface area contributed by atoms with Gasteiger partial charge in [-0.2, -0.15) is 0 Å². The monoisotopic (exact) mass is 359 g/mol. The molecule has 1 amide bonds. The maximum Gasteiger partial charge on any atom is 0.231 e. The summed E-state index contributed by atoms with van der Waals surface area (Å²) in [6.07, 6.45) is 0. The van der Waals surface area contributed by atoms with Gasteiger partial charge in [0.15, 0.2) is 5.78 Å². The predicted octanol–water partition coefficient (Wildman–Crippen LogP) is 4.67. The van der Waals surface area contributed by atoms with E-state index in [2.05, 4.69) is 5.32 Å². The van der Waals surface area contributed by atoms with Gasteiger partial charge in [0.05, 0.1) is 5.92 Å². The van der Waals surface area contributed by atoms with Crippen molar-refractivity contribution in [2.75, 3.05) is 5.32 Å². The molecule has 27 heavy (non-hydrogen) atoms. The van der Waals surface area contributed by atoms with Crippen molar-refractivity contribution in [1.29, 1.82) is 0 Å². The van der Waals surface area contributed by atoms with E-state index in [1.165, 1.54) is 6.07 Å². The number of rotatable bonds is 5. The molecule has 3 aromatic carbocycles. The molecule has 4 nitrogen and oxygen atoms in total. The summed E-state index contributed by atoms with van der Waals surface area (Å²) >= 11 is 0. The highest BCUT2D eigenvalue weighted by atomic mass is 16.3. The van der Waals surface area contributed by atoms with Crippen molar-refractivity contribution in [2.45, 2.75) is 19.8 Å². The van der Waals surface area contributed by atoms with Crippen LogP contribution in [0.5, 0.6) is 5.75 Å². The molecule has 4 heteroatoms. The van der Waals surface area contributed by atoms with E-state index in [9.17, 15) is 14.7 Å². The summed E-state index contributed by atoms with van der Waals surface area (Å²) in [4.78, 5) is 25.2. The molecular weight excluding hydrogens is 338 g/mol. The van der Waals surface area contributed by atoms with Crippen LogP contribution < -0.4 is 5.32 Å². The lowest BCUT2D eigenvalue weighted by molar-refractivity contribution is -0.117. The van der Waals surface area contributed by atoms with Gasteiger partial charge in [0, 0.05) is 22.9 Å². The van der Waals surface area contributed by atoms with Crippen LogP contribution in [0.15, 0.2) is 72.8 Å².